The molecule has 0 atom stereocenters. The van der Waals surface area contributed by atoms with E-state index in [1.54, 1.807) is 12.1 Å². The van der Waals surface area contributed by atoms with Crippen molar-refractivity contribution >= 4 is 38.4 Å². The molecule has 0 unspecified atom stereocenters. The number of carboxylic acids is 1. The standard InChI is InChI=1S/C19H14BrNO3/c20-14-5-6-16-12(8-14)4-7-18-17(16)10-21(11-24-18)15-3-1-2-13(9-15)19(22)23/h1-9H,10-11H2,(H,22,23)/p-1. The molecule has 4 nitrogen and oxygen atoms in total. The van der Waals surface area contributed by atoms with Crippen LogP contribution in [0, 0.1) is 0 Å². The van der Waals surface area contributed by atoms with Crippen molar-refractivity contribution in [2.24, 2.45) is 0 Å². The monoisotopic (exact) mass is 382 g/mol. The van der Waals surface area contributed by atoms with Gasteiger partial charge >= 0.3 is 0 Å². The van der Waals surface area contributed by atoms with E-state index in [2.05, 4.69) is 28.1 Å². The zero-order chi connectivity index (χ0) is 16.7. The summed E-state index contributed by atoms with van der Waals surface area (Å²) in [6.45, 7) is 1.04. The lowest BCUT2D eigenvalue weighted by Gasteiger charge is -2.32. The minimum absolute atomic E-state index is 0.167. The molecule has 3 aromatic carbocycles. The highest BCUT2D eigenvalue weighted by Gasteiger charge is 2.20. The average Bonchev–Trinajstić information content (AvgIpc) is 2.61. The molecular weight excluding hydrogens is 370 g/mol. The number of ether oxygens (including phenoxy) is 1. The maximum absolute atomic E-state index is 11.1. The summed E-state index contributed by atoms with van der Waals surface area (Å²) in [6, 6.07) is 16.9. The van der Waals surface area contributed by atoms with Gasteiger partial charge in [0.05, 0.1) is 12.5 Å². The van der Waals surface area contributed by atoms with Crippen LogP contribution in [0.1, 0.15) is 15.9 Å². The van der Waals surface area contributed by atoms with Crippen LogP contribution in [0.4, 0.5) is 5.69 Å². The third-order valence-electron chi connectivity index (χ3n) is 4.22. The van der Waals surface area contributed by atoms with Crippen LogP contribution < -0.4 is 14.7 Å². The molecule has 0 amide bonds. The van der Waals surface area contributed by atoms with E-state index in [0.717, 1.165) is 32.2 Å². The number of anilines is 1. The van der Waals surface area contributed by atoms with Crippen LogP contribution >= 0.6 is 15.9 Å². The van der Waals surface area contributed by atoms with E-state index in [9.17, 15) is 9.90 Å². The zero-order valence-corrected chi connectivity index (χ0v) is 14.2. The van der Waals surface area contributed by atoms with E-state index >= 15 is 0 Å². The number of hydrogen-bond donors (Lipinski definition) is 0. The smallest absolute Gasteiger partial charge is 0.161 e. The van der Waals surface area contributed by atoms with Gasteiger partial charge in [0.25, 0.3) is 0 Å². The van der Waals surface area contributed by atoms with Gasteiger partial charge in [0.15, 0.2) is 6.73 Å². The molecule has 0 fully saturated rings. The molecule has 0 aromatic heterocycles. The fourth-order valence-corrected chi connectivity index (χ4v) is 3.40. The first-order chi connectivity index (χ1) is 11.6. The van der Waals surface area contributed by atoms with Crippen LogP contribution in [-0.2, 0) is 6.54 Å². The minimum Gasteiger partial charge on any atom is -0.545 e. The van der Waals surface area contributed by atoms with Gasteiger partial charge in [-0.05, 0) is 46.7 Å². The lowest BCUT2D eigenvalue weighted by atomic mass is 10.0. The highest BCUT2D eigenvalue weighted by Crippen LogP contribution is 2.35. The molecule has 0 spiro atoms. The normalized spacial score (nSPS) is 13.5. The van der Waals surface area contributed by atoms with Crippen molar-refractivity contribution < 1.29 is 14.6 Å². The van der Waals surface area contributed by atoms with Crippen molar-refractivity contribution in [1.29, 1.82) is 0 Å². The molecule has 0 N–H and O–H groups in total. The molecule has 3 aromatic rings. The second-order valence-electron chi connectivity index (χ2n) is 5.72. The van der Waals surface area contributed by atoms with Gasteiger partial charge in [0.2, 0.25) is 0 Å². The van der Waals surface area contributed by atoms with Gasteiger partial charge in [0.1, 0.15) is 5.75 Å². The van der Waals surface area contributed by atoms with E-state index in [4.69, 9.17) is 4.74 Å². The Balaban J connectivity index is 1.75. The van der Waals surface area contributed by atoms with Crippen molar-refractivity contribution in [2.45, 2.75) is 6.54 Å². The molecule has 4 rings (SSSR count). The lowest BCUT2D eigenvalue weighted by Crippen LogP contribution is -2.32. The zero-order valence-electron chi connectivity index (χ0n) is 12.7. The second-order valence-corrected chi connectivity index (χ2v) is 6.63. The molecule has 0 radical (unpaired) electrons. The maximum Gasteiger partial charge on any atom is 0.161 e. The Morgan fingerprint density at radius 3 is 2.83 bits per heavy atom. The summed E-state index contributed by atoms with van der Waals surface area (Å²) in [7, 11) is 0. The molecular formula is C19H13BrNO3-. The van der Waals surface area contributed by atoms with Crippen molar-refractivity contribution in [2.75, 3.05) is 11.6 Å². The van der Waals surface area contributed by atoms with Gasteiger partial charge in [-0.1, -0.05) is 40.2 Å². The van der Waals surface area contributed by atoms with Crippen molar-refractivity contribution in [3.8, 4) is 5.75 Å². The minimum atomic E-state index is -1.18. The summed E-state index contributed by atoms with van der Waals surface area (Å²) >= 11 is 3.50. The molecule has 1 heterocycles. The summed E-state index contributed by atoms with van der Waals surface area (Å²) < 4.78 is 6.91. The Morgan fingerprint density at radius 2 is 2.00 bits per heavy atom. The van der Waals surface area contributed by atoms with E-state index in [1.165, 1.54) is 6.07 Å². The number of carbonyl (C=O) groups is 1. The van der Waals surface area contributed by atoms with Crippen LogP contribution in [0.15, 0.2) is 59.1 Å². The number of aromatic carboxylic acids is 1. The summed E-state index contributed by atoms with van der Waals surface area (Å²) in [5, 5.41) is 13.3. The summed E-state index contributed by atoms with van der Waals surface area (Å²) in [5.74, 6) is -0.303. The summed E-state index contributed by atoms with van der Waals surface area (Å²) in [5.41, 5.74) is 2.07. The third kappa shape index (κ3) is 2.61. The van der Waals surface area contributed by atoms with Gasteiger partial charge in [0, 0.05) is 15.7 Å². The van der Waals surface area contributed by atoms with Gasteiger partial charge in [-0.25, -0.2) is 0 Å². The molecule has 120 valence electrons. The Morgan fingerprint density at radius 1 is 1.12 bits per heavy atom. The lowest BCUT2D eigenvalue weighted by molar-refractivity contribution is -0.255. The maximum atomic E-state index is 11.1. The van der Waals surface area contributed by atoms with E-state index in [1.807, 2.05) is 29.2 Å². The van der Waals surface area contributed by atoms with Gasteiger partial charge < -0.3 is 19.5 Å². The third-order valence-corrected chi connectivity index (χ3v) is 4.72. The van der Waals surface area contributed by atoms with Crippen molar-refractivity contribution in [3.63, 3.8) is 0 Å². The fraction of sp³-hybridized carbons (Fsp3) is 0.105. The Bertz CT molecular complexity index is 954. The molecule has 1 aliphatic heterocycles. The highest BCUT2D eigenvalue weighted by molar-refractivity contribution is 9.10. The number of nitrogens with zero attached hydrogens (tertiary/aromatic N) is 1. The van der Waals surface area contributed by atoms with Crippen molar-refractivity contribution in [1.82, 2.24) is 0 Å². The summed E-state index contributed by atoms with van der Waals surface area (Å²) in [4.78, 5) is 13.1. The molecule has 24 heavy (non-hydrogen) atoms. The molecule has 5 heteroatoms. The Hall–Kier alpha value is -2.53. The quantitative estimate of drug-likeness (QED) is 0.682. The van der Waals surface area contributed by atoms with Crippen LogP contribution in [0.5, 0.6) is 5.75 Å². The molecule has 0 saturated carbocycles. The predicted molar refractivity (Wildman–Crippen MR) is 94.1 cm³/mol. The number of hydrogen-bond acceptors (Lipinski definition) is 4. The van der Waals surface area contributed by atoms with Crippen LogP contribution in [-0.4, -0.2) is 12.7 Å². The van der Waals surface area contributed by atoms with Gasteiger partial charge in [-0.15, -0.1) is 0 Å². The average molecular weight is 383 g/mol. The number of halogens is 1. The van der Waals surface area contributed by atoms with Crippen LogP contribution in [0.3, 0.4) is 0 Å². The Kier molecular flexibility index (Phi) is 3.65. The number of rotatable bonds is 2. The van der Waals surface area contributed by atoms with E-state index < -0.39 is 5.97 Å². The molecule has 0 bridgehead atoms. The van der Waals surface area contributed by atoms with Gasteiger partial charge in [-0.2, -0.15) is 0 Å². The number of carboxylic acid groups (broad SMARTS) is 1. The first kappa shape index (κ1) is 15.0. The van der Waals surface area contributed by atoms with Crippen LogP contribution in [0.2, 0.25) is 0 Å². The number of benzene rings is 3. The van der Waals surface area contributed by atoms with Crippen molar-refractivity contribution in [3.05, 3.63) is 70.2 Å². The molecule has 1 aliphatic rings. The SMILES string of the molecule is O=C([O-])c1cccc(N2COc3ccc4cc(Br)ccc4c3C2)c1. The van der Waals surface area contributed by atoms with Crippen LogP contribution in [0.25, 0.3) is 10.8 Å². The largest absolute Gasteiger partial charge is 0.545 e. The summed E-state index contributed by atoms with van der Waals surface area (Å²) in [6.07, 6.45) is 0. The first-order valence-electron chi connectivity index (χ1n) is 7.52. The fourth-order valence-electron chi connectivity index (χ4n) is 3.02. The number of fused-ring (bicyclic) bond motifs is 3. The van der Waals surface area contributed by atoms with Gasteiger partial charge in [-0.3, -0.25) is 0 Å². The molecule has 0 aliphatic carbocycles. The topological polar surface area (TPSA) is 52.6 Å². The first-order valence-corrected chi connectivity index (χ1v) is 8.31. The number of carbonyl (C=O) groups excluding carboxylic acids is 1. The molecule has 0 saturated heterocycles. The van der Waals surface area contributed by atoms with E-state index in [-0.39, 0.29) is 5.56 Å². The second kappa shape index (κ2) is 5.83. The highest BCUT2D eigenvalue weighted by atomic mass is 79.9. The predicted octanol–water partition coefficient (Wildman–Crippen LogP) is 3.32. The Labute approximate surface area is 147 Å². The van der Waals surface area contributed by atoms with E-state index in [0.29, 0.717) is 13.3 Å².